The maximum absolute atomic E-state index is 12.5. The molecule has 0 radical (unpaired) electrons. The predicted octanol–water partition coefficient (Wildman–Crippen LogP) is 4.86. The van der Waals surface area contributed by atoms with Crippen molar-refractivity contribution in [1.29, 1.82) is 0 Å². The summed E-state index contributed by atoms with van der Waals surface area (Å²) in [6.07, 6.45) is 3.43. The molecule has 128 valence electrons. The van der Waals surface area contributed by atoms with E-state index in [1.54, 1.807) is 17.3 Å². The Morgan fingerprint density at radius 2 is 1.92 bits per heavy atom. The summed E-state index contributed by atoms with van der Waals surface area (Å²) in [6, 6.07) is 6.77. The smallest absolute Gasteiger partial charge is 0.261 e. The first kappa shape index (κ1) is 18.8. The van der Waals surface area contributed by atoms with E-state index in [0.717, 1.165) is 5.56 Å². The highest BCUT2D eigenvalue weighted by Gasteiger charge is 2.19. The largest absolute Gasteiger partial charge is 0.482 e. The second kappa shape index (κ2) is 8.56. The van der Waals surface area contributed by atoms with Gasteiger partial charge in [0.05, 0.1) is 15.1 Å². The summed E-state index contributed by atoms with van der Waals surface area (Å²) in [4.78, 5) is 18.3. The summed E-state index contributed by atoms with van der Waals surface area (Å²) in [7, 11) is 0. The standard InChI is InChI=1S/C17H17Cl3N2O2/c1-11(2)22(9-12-4-3-5-21-8-12)17(23)10-24-16-7-14(19)13(18)6-15(16)20/h3-8,11H,9-10H2,1-2H3. The normalized spacial score (nSPS) is 10.8. The quantitative estimate of drug-likeness (QED) is 0.665. The van der Waals surface area contributed by atoms with Crippen molar-refractivity contribution in [2.75, 3.05) is 6.61 Å². The number of amides is 1. The molecule has 0 saturated carbocycles. The van der Waals surface area contributed by atoms with Crippen molar-refractivity contribution in [3.8, 4) is 5.75 Å². The minimum absolute atomic E-state index is 0.0191. The minimum atomic E-state index is -0.156. The molecule has 0 unspecified atom stereocenters. The molecule has 1 amide bonds. The van der Waals surface area contributed by atoms with Crippen LogP contribution >= 0.6 is 34.8 Å². The van der Waals surface area contributed by atoms with Gasteiger partial charge >= 0.3 is 0 Å². The molecule has 2 aromatic rings. The van der Waals surface area contributed by atoms with Crippen molar-refractivity contribution in [3.05, 3.63) is 57.3 Å². The number of ether oxygens (including phenoxy) is 1. The van der Waals surface area contributed by atoms with Crippen molar-refractivity contribution in [2.45, 2.75) is 26.4 Å². The zero-order chi connectivity index (χ0) is 17.7. The van der Waals surface area contributed by atoms with Crippen molar-refractivity contribution >= 4 is 40.7 Å². The summed E-state index contributed by atoms with van der Waals surface area (Å²) < 4.78 is 5.52. The van der Waals surface area contributed by atoms with E-state index >= 15 is 0 Å². The molecule has 24 heavy (non-hydrogen) atoms. The average Bonchev–Trinajstić information content (AvgIpc) is 2.55. The molecular weight excluding hydrogens is 371 g/mol. The van der Waals surface area contributed by atoms with Crippen LogP contribution in [-0.4, -0.2) is 28.4 Å². The van der Waals surface area contributed by atoms with E-state index in [2.05, 4.69) is 4.98 Å². The molecule has 1 aromatic carbocycles. The number of hydrogen-bond acceptors (Lipinski definition) is 3. The number of aromatic nitrogens is 1. The molecule has 0 fully saturated rings. The van der Waals surface area contributed by atoms with Crippen LogP contribution < -0.4 is 4.74 Å². The highest BCUT2D eigenvalue weighted by molar-refractivity contribution is 6.43. The Morgan fingerprint density at radius 3 is 2.54 bits per heavy atom. The molecule has 7 heteroatoms. The maximum atomic E-state index is 12.5. The van der Waals surface area contributed by atoms with Crippen LogP contribution in [-0.2, 0) is 11.3 Å². The number of halogens is 3. The van der Waals surface area contributed by atoms with Gasteiger partial charge in [0.25, 0.3) is 5.91 Å². The molecule has 0 saturated heterocycles. The predicted molar refractivity (Wildman–Crippen MR) is 96.9 cm³/mol. The molecule has 2 rings (SSSR count). The van der Waals surface area contributed by atoms with Gasteiger partial charge in [-0.25, -0.2) is 0 Å². The number of pyridine rings is 1. The molecule has 0 atom stereocenters. The molecule has 4 nitrogen and oxygen atoms in total. The van der Waals surface area contributed by atoms with Gasteiger partial charge in [-0.05, 0) is 31.5 Å². The molecule has 1 heterocycles. The zero-order valence-electron chi connectivity index (χ0n) is 13.3. The van der Waals surface area contributed by atoms with E-state index in [1.165, 1.54) is 12.1 Å². The lowest BCUT2D eigenvalue weighted by atomic mass is 10.2. The van der Waals surface area contributed by atoms with Gasteiger partial charge in [-0.15, -0.1) is 0 Å². The number of hydrogen-bond donors (Lipinski definition) is 0. The van der Waals surface area contributed by atoms with E-state index in [9.17, 15) is 4.79 Å². The number of benzene rings is 1. The topological polar surface area (TPSA) is 42.4 Å². The Kier molecular flexibility index (Phi) is 6.72. The molecular formula is C17H17Cl3N2O2. The lowest BCUT2D eigenvalue weighted by Gasteiger charge is -2.27. The van der Waals surface area contributed by atoms with Crippen molar-refractivity contribution in [2.24, 2.45) is 0 Å². The monoisotopic (exact) mass is 386 g/mol. The number of rotatable bonds is 6. The van der Waals surface area contributed by atoms with Crippen LogP contribution in [0.1, 0.15) is 19.4 Å². The van der Waals surface area contributed by atoms with Crippen LogP contribution in [0.15, 0.2) is 36.7 Å². The highest BCUT2D eigenvalue weighted by Crippen LogP contribution is 2.33. The highest BCUT2D eigenvalue weighted by atomic mass is 35.5. The van der Waals surface area contributed by atoms with E-state index in [0.29, 0.717) is 27.4 Å². The summed E-state index contributed by atoms with van der Waals surface area (Å²) in [5.74, 6) is 0.167. The van der Waals surface area contributed by atoms with Gasteiger partial charge in [0.1, 0.15) is 5.75 Å². The van der Waals surface area contributed by atoms with Crippen LogP contribution in [0.5, 0.6) is 5.75 Å². The van der Waals surface area contributed by atoms with E-state index in [-0.39, 0.29) is 18.6 Å². The Bertz CT molecular complexity index is 708. The summed E-state index contributed by atoms with van der Waals surface area (Å²) >= 11 is 17.9. The Hall–Kier alpha value is -1.49. The van der Waals surface area contributed by atoms with Gasteiger partial charge < -0.3 is 9.64 Å². The fraction of sp³-hybridized carbons (Fsp3) is 0.294. The van der Waals surface area contributed by atoms with E-state index in [1.807, 2.05) is 26.0 Å². The Morgan fingerprint density at radius 1 is 1.21 bits per heavy atom. The molecule has 0 aliphatic carbocycles. The second-order valence-corrected chi connectivity index (χ2v) is 6.68. The minimum Gasteiger partial charge on any atom is -0.482 e. The van der Waals surface area contributed by atoms with E-state index < -0.39 is 0 Å². The third-order valence-corrected chi connectivity index (χ3v) is 4.36. The zero-order valence-corrected chi connectivity index (χ0v) is 15.6. The van der Waals surface area contributed by atoms with Crippen molar-refractivity contribution in [1.82, 2.24) is 9.88 Å². The van der Waals surface area contributed by atoms with Gasteiger partial charge in [0.2, 0.25) is 0 Å². The third kappa shape index (κ3) is 5.00. The average molecular weight is 388 g/mol. The van der Waals surface area contributed by atoms with Crippen LogP contribution in [0, 0.1) is 0 Å². The van der Waals surface area contributed by atoms with Crippen LogP contribution in [0.2, 0.25) is 15.1 Å². The number of carbonyl (C=O) groups is 1. The first-order valence-corrected chi connectivity index (χ1v) is 8.47. The van der Waals surface area contributed by atoms with Gasteiger partial charge in [-0.2, -0.15) is 0 Å². The third-order valence-electron chi connectivity index (χ3n) is 3.35. The lowest BCUT2D eigenvalue weighted by Crippen LogP contribution is -2.39. The second-order valence-electron chi connectivity index (χ2n) is 5.46. The molecule has 1 aromatic heterocycles. The lowest BCUT2D eigenvalue weighted by molar-refractivity contribution is -0.135. The van der Waals surface area contributed by atoms with Crippen molar-refractivity contribution < 1.29 is 9.53 Å². The molecule has 0 spiro atoms. The molecule has 0 aliphatic heterocycles. The van der Waals surface area contributed by atoms with Crippen LogP contribution in [0.3, 0.4) is 0 Å². The van der Waals surface area contributed by atoms with Crippen LogP contribution in [0.4, 0.5) is 0 Å². The van der Waals surface area contributed by atoms with Crippen LogP contribution in [0.25, 0.3) is 0 Å². The molecule has 0 bridgehead atoms. The molecule has 0 N–H and O–H groups in total. The van der Waals surface area contributed by atoms with Gasteiger partial charge in [0.15, 0.2) is 6.61 Å². The summed E-state index contributed by atoms with van der Waals surface area (Å²) in [5, 5.41) is 0.959. The van der Waals surface area contributed by atoms with Crippen molar-refractivity contribution in [3.63, 3.8) is 0 Å². The Balaban J connectivity index is 2.05. The number of carbonyl (C=O) groups excluding carboxylic acids is 1. The number of nitrogens with zero attached hydrogens (tertiary/aromatic N) is 2. The Labute approximate surface area is 156 Å². The van der Waals surface area contributed by atoms with E-state index in [4.69, 9.17) is 39.5 Å². The first-order valence-electron chi connectivity index (χ1n) is 7.34. The first-order chi connectivity index (χ1) is 11.4. The SMILES string of the molecule is CC(C)N(Cc1cccnc1)C(=O)COc1cc(Cl)c(Cl)cc1Cl. The summed E-state index contributed by atoms with van der Waals surface area (Å²) in [5.41, 5.74) is 0.951. The van der Waals surface area contributed by atoms with Gasteiger partial charge in [-0.1, -0.05) is 40.9 Å². The maximum Gasteiger partial charge on any atom is 0.261 e. The summed E-state index contributed by atoms with van der Waals surface area (Å²) in [6.45, 7) is 4.21. The van der Waals surface area contributed by atoms with Gasteiger partial charge in [-0.3, -0.25) is 9.78 Å². The molecule has 0 aliphatic rings. The fourth-order valence-electron chi connectivity index (χ4n) is 2.08. The fourth-order valence-corrected chi connectivity index (χ4v) is 2.68. The van der Waals surface area contributed by atoms with Gasteiger partial charge in [0, 0.05) is 31.0 Å².